The molecule has 0 spiro atoms. The summed E-state index contributed by atoms with van der Waals surface area (Å²) in [5.41, 5.74) is 2.80. The van der Waals surface area contributed by atoms with Gasteiger partial charge >= 0.3 is 0 Å². The van der Waals surface area contributed by atoms with Crippen LogP contribution < -0.4 is 16.0 Å². The van der Waals surface area contributed by atoms with E-state index in [1.54, 1.807) is 0 Å². The van der Waals surface area contributed by atoms with Crippen LogP contribution in [0, 0.1) is 6.92 Å². The quantitative estimate of drug-likeness (QED) is 0.649. The molecule has 1 aromatic heterocycles. The van der Waals surface area contributed by atoms with Crippen LogP contribution in [0.25, 0.3) is 0 Å². The van der Waals surface area contributed by atoms with Crippen molar-refractivity contribution in [2.24, 2.45) is 7.05 Å². The Hall–Kier alpha value is -1.85. The summed E-state index contributed by atoms with van der Waals surface area (Å²) in [5.74, 6) is 0. The standard InChI is InChI=1S/C18H18NP/c1-15-13-14-19(2)18(15)20(16-9-5-3-6-10-16)17-11-7-4-8-12-17/h3-14H,1-2H3. The largest absolute Gasteiger partial charge is 0.350 e. The first-order valence-electron chi connectivity index (χ1n) is 6.79. The lowest BCUT2D eigenvalue weighted by Gasteiger charge is -2.21. The number of aryl methyl sites for hydroxylation is 2. The van der Waals surface area contributed by atoms with Crippen molar-refractivity contribution < 1.29 is 0 Å². The predicted octanol–water partition coefficient (Wildman–Crippen LogP) is 3.09. The van der Waals surface area contributed by atoms with E-state index >= 15 is 0 Å². The topological polar surface area (TPSA) is 4.93 Å². The fourth-order valence-corrected chi connectivity index (χ4v) is 5.07. The van der Waals surface area contributed by atoms with Crippen molar-refractivity contribution in [1.29, 1.82) is 0 Å². The Morgan fingerprint density at radius 3 is 1.65 bits per heavy atom. The van der Waals surface area contributed by atoms with Crippen molar-refractivity contribution in [2.45, 2.75) is 6.92 Å². The molecule has 0 aliphatic rings. The van der Waals surface area contributed by atoms with Crippen molar-refractivity contribution in [3.05, 3.63) is 78.5 Å². The molecule has 2 aromatic carbocycles. The van der Waals surface area contributed by atoms with Crippen LogP contribution in [0.1, 0.15) is 5.56 Å². The minimum absolute atomic E-state index is 0.488. The number of benzene rings is 2. The van der Waals surface area contributed by atoms with Crippen molar-refractivity contribution in [3.63, 3.8) is 0 Å². The van der Waals surface area contributed by atoms with Crippen LogP contribution in [0.3, 0.4) is 0 Å². The molecule has 0 fully saturated rings. The molecule has 0 saturated heterocycles. The first-order valence-corrected chi connectivity index (χ1v) is 8.13. The van der Waals surface area contributed by atoms with Crippen LogP contribution >= 0.6 is 7.92 Å². The third-order valence-electron chi connectivity index (χ3n) is 3.48. The van der Waals surface area contributed by atoms with E-state index in [4.69, 9.17) is 0 Å². The fraction of sp³-hybridized carbons (Fsp3) is 0.111. The van der Waals surface area contributed by atoms with Gasteiger partial charge < -0.3 is 4.57 Å². The van der Waals surface area contributed by atoms with Gasteiger partial charge in [0.15, 0.2) is 0 Å². The first kappa shape index (κ1) is 13.1. The molecule has 0 amide bonds. The number of nitrogens with zero attached hydrogens (tertiary/aromatic N) is 1. The minimum atomic E-state index is -0.488. The van der Waals surface area contributed by atoms with E-state index in [9.17, 15) is 0 Å². The zero-order chi connectivity index (χ0) is 13.9. The molecule has 0 aliphatic heterocycles. The summed E-state index contributed by atoms with van der Waals surface area (Å²) in [6.45, 7) is 2.20. The second kappa shape index (κ2) is 5.64. The van der Waals surface area contributed by atoms with Gasteiger partial charge in [0.25, 0.3) is 0 Å². The Bertz CT molecular complexity index is 627. The molecule has 0 unspecified atom stereocenters. The van der Waals surface area contributed by atoms with E-state index in [-0.39, 0.29) is 0 Å². The van der Waals surface area contributed by atoms with E-state index in [1.807, 2.05) is 0 Å². The van der Waals surface area contributed by atoms with Gasteiger partial charge in [0.2, 0.25) is 0 Å². The first-order chi connectivity index (χ1) is 9.77. The van der Waals surface area contributed by atoms with E-state index in [0.717, 1.165) is 0 Å². The van der Waals surface area contributed by atoms with Gasteiger partial charge in [-0.25, -0.2) is 0 Å². The van der Waals surface area contributed by atoms with Gasteiger partial charge in [-0.05, 0) is 29.2 Å². The highest BCUT2D eigenvalue weighted by Crippen LogP contribution is 2.33. The van der Waals surface area contributed by atoms with Gasteiger partial charge in [0.1, 0.15) is 0 Å². The molecule has 0 N–H and O–H groups in total. The summed E-state index contributed by atoms with van der Waals surface area (Å²) in [6.07, 6.45) is 2.16. The van der Waals surface area contributed by atoms with Gasteiger partial charge in [-0.3, -0.25) is 0 Å². The monoisotopic (exact) mass is 279 g/mol. The molecule has 20 heavy (non-hydrogen) atoms. The van der Waals surface area contributed by atoms with Crippen LogP contribution in [-0.2, 0) is 7.05 Å². The molecule has 0 aliphatic carbocycles. The second-order valence-electron chi connectivity index (χ2n) is 4.94. The third kappa shape index (κ3) is 2.42. The summed E-state index contributed by atoms with van der Waals surface area (Å²) in [7, 11) is 1.65. The van der Waals surface area contributed by atoms with Crippen molar-refractivity contribution in [1.82, 2.24) is 4.57 Å². The van der Waals surface area contributed by atoms with E-state index in [0.29, 0.717) is 0 Å². The molecular weight excluding hydrogens is 261 g/mol. The highest BCUT2D eigenvalue weighted by atomic mass is 31.1. The number of hydrogen-bond donors (Lipinski definition) is 0. The van der Waals surface area contributed by atoms with Gasteiger partial charge in [-0.15, -0.1) is 0 Å². The SMILES string of the molecule is Cc1ccn(C)c1P(c1ccccc1)c1ccccc1. The zero-order valence-corrected chi connectivity index (χ0v) is 12.7. The lowest BCUT2D eigenvalue weighted by atomic mass is 10.4. The van der Waals surface area contributed by atoms with Crippen LogP contribution in [0.5, 0.6) is 0 Å². The smallest absolute Gasteiger partial charge is 0.0528 e. The molecule has 1 heterocycles. The van der Waals surface area contributed by atoms with E-state index in [1.165, 1.54) is 21.6 Å². The molecule has 2 heteroatoms. The zero-order valence-electron chi connectivity index (χ0n) is 11.8. The normalized spacial score (nSPS) is 10.9. The Morgan fingerprint density at radius 2 is 1.25 bits per heavy atom. The third-order valence-corrected chi connectivity index (χ3v) is 6.20. The maximum absolute atomic E-state index is 2.26. The average Bonchev–Trinajstić information content (AvgIpc) is 2.82. The van der Waals surface area contributed by atoms with Crippen molar-refractivity contribution >= 4 is 24.0 Å². The molecule has 3 aromatic rings. The molecule has 0 bridgehead atoms. The summed E-state index contributed by atoms with van der Waals surface area (Å²) >= 11 is 0. The molecular formula is C18H18NP. The van der Waals surface area contributed by atoms with E-state index < -0.39 is 7.92 Å². The Labute approximate surface area is 121 Å². The van der Waals surface area contributed by atoms with Crippen LogP contribution in [0.4, 0.5) is 0 Å². The number of rotatable bonds is 3. The lowest BCUT2D eigenvalue weighted by Crippen LogP contribution is -2.26. The van der Waals surface area contributed by atoms with Crippen LogP contribution in [0.15, 0.2) is 72.9 Å². The molecule has 100 valence electrons. The van der Waals surface area contributed by atoms with Crippen molar-refractivity contribution in [2.75, 3.05) is 0 Å². The minimum Gasteiger partial charge on any atom is -0.350 e. The Morgan fingerprint density at radius 1 is 0.750 bits per heavy atom. The molecule has 3 rings (SSSR count). The summed E-state index contributed by atoms with van der Waals surface area (Å²) in [5, 5.41) is 2.80. The van der Waals surface area contributed by atoms with Gasteiger partial charge in [-0.1, -0.05) is 60.7 Å². The highest BCUT2D eigenvalue weighted by molar-refractivity contribution is 7.79. The number of hydrogen-bond acceptors (Lipinski definition) is 0. The maximum atomic E-state index is 2.26. The van der Waals surface area contributed by atoms with Gasteiger partial charge in [-0.2, -0.15) is 0 Å². The predicted molar refractivity (Wildman–Crippen MR) is 88.9 cm³/mol. The maximum Gasteiger partial charge on any atom is 0.0528 e. The van der Waals surface area contributed by atoms with Crippen molar-refractivity contribution in [3.8, 4) is 0 Å². The van der Waals surface area contributed by atoms with Gasteiger partial charge in [0, 0.05) is 21.2 Å². The number of aromatic nitrogens is 1. The Kier molecular flexibility index (Phi) is 3.71. The lowest BCUT2D eigenvalue weighted by molar-refractivity contribution is 0.958. The molecule has 1 nitrogen and oxygen atoms in total. The summed E-state index contributed by atoms with van der Waals surface area (Å²) < 4.78 is 2.26. The second-order valence-corrected chi connectivity index (χ2v) is 7.07. The average molecular weight is 279 g/mol. The fourth-order valence-electron chi connectivity index (χ4n) is 2.53. The summed E-state index contributed by atoms with van der Waals surface area (Å²) in [4.78, 5) is 0. The van der Waals surface area contributed by atoms with Crippen LogP contribution in [0.2, 0.25) is 0 Å². The van der Waals surface area contributed by atoms with Gasteiger partial charge in [0.05, 0.1) is 5.44 Å². The molecule has 0 saturated carbocycles. The highest BCUT2D eigenvalue weighted by Gasteiger charge is 2.20. The molecule has 0 atom stereocenters. The molecule has 0 radical (unpaired) electrons. The van der Waals surface area contributed by atoms with Crippen LogP contribution in [-0.4, -0.2) is 4.57 Å². The summed E-state index contributed by atoms with van der Waals surface area (Å²) in [6, 6.07) is 23.9. The Balaban J connectivity index is 2.20. The van der Waals surface area contributed by atoms with E-state index in [2.05, 4.69) is 91.5 Å².